The highest BCUT2D eigenvalue weighted by Crippen LogP contribution is 2.12. The minimum Gasteiger partial charge on any atom is -0.463 e. The first kappa shape index (κ1) is 55.9. The summed E-state index contributed by atoms with van der Waals surface area (Å²) in [6.07, 6.45) is 27.5. The molecular formula is C54H82N4O10+4. The van der Waals surface area contributed by atoms with Crippen LogP contribution in [0.3, 0.4) is 0 Å². The number of rotatable bonds is 35. The number of pyridine rings is 4. The molecule has 0 aliphatic heterocycles. The Bertz CT molecular complexity index is 1830. The molecule has 6 unspecified atom stereocenters. The zero-order valence-corrected chi connectivity index (χ0v) is 40.8. The number of aliphatic hydroxyl groups excluding tert-OH is 6. The average molecular weight is 947 g/mol. The molecule has 4 aromatic heterocycles. The second-order valence-electron chi connectivity index (χ2n) is 18.7. The molecule has 4 aromatic rings. The average Bonchev–Trinajstić information content (AvgIpc) is 3.31. The summed E-state index contributed by atoms with van der Waals surface area (Å²) < 4.78 is 17.7. The predicted molar refractivity (Wildman–Crippen MR) is 255 cm³/mol. The summed E-state index contributed by atoms with van der Waals surface area (Å²) in [6, 6.07) is 16.9. The van der Waals surface area contributed by atoms with Crippen LogP contribution in [0.4, 0.5) is 0 Å². The number of unbranched alkanes of at least 4 members (excludes halogenated alkanes) is 3. The van der Waals surface area contributed by atoms with E-state index in [9.17, 15) is 40.2 Å². The van der Waals surface area contributed by atoms with Gasteiger partial charge in [0.05, 0.1) is 12.2 Å². The molecule has 0 aromatic carbocycles. The molecule has 0 aliphatic carbocycles. The summed E-state index contributed by atoms with van der Waals surface area (Å²) in [5.41, 5.74) is 5.03. The van der Waals surface area contributed by atoms with Gasteiger partial charge in [-0.3, -0.25) is 9.59 Å². The Morgan fingerprint density at radius 2 is 0.574 bits per heavy atom. The first-order valence-electron chi connectivity index (χ1n) is 25.1. The van der Waals surface area contributed by atoms with Crippen LogP contribution in [-0.2, 0) is 70.9 Å². The third kappa shape index (κ3) is 25.1. The monoisotopic (exact) mass is 947 g/mol. The molecule has 4 heterocycles. The van der Waals surface area contributed by atoms with Gasteiger partial charge in [-0.15, -0.1) is 0 Å². The smallest absolute Gasteiger partial charge is 0.302 e. The van der Waals surface area contributed by atoms with Gasteiger partial charge >= 0.3 is 11.9 Å². The predicted octanol–water partition coefficient (Wildman–Crippen LogP) is 3.86. The van der Waals surface area contributed by atoms with E-state index in [0.29, 0.717) is 64.7 Å². The number of aliphatic hydroxyl groups is 6. The van der Waals surface area contributed by atoms with Crippen molar-refractivity contribution in [2.24, 2.45) is 0 Å². The first-order chi connectivity index (χ1) is 32.8. The van der Waals surface area contributed by atoms with Gasteiger partial charge in [0.25, 0.3) is 0 Å². The molecule has 0 aliphatic rings. The summed E-state index contributed by atoms with van der Waals surface area (Å²) in [5.74, 6) is -0.790. The number of ether oxygens (including phenoxy) is 2. The number of carbonyl (C=O) groups is 2. The Hall–Kier alpha value is -4.70. The van der Waals surface area contributed by atoms with Crippen molar-refractivity contribution in [2.45, 2.75) is 192 Å². The van der Waals surface area contributed by atoms with Crippen molar-refractivity contribution < 1.29 is 68.0 Å². The summed E-state index contributed by atoms with van der Waals surface area (Å²) >= 11 is 0. The van der Waals surface area contributed by atoms with E-state index in [0.717, 1.165) is 77.0 Å². The fraction of sp³-hybridized carbons (Fsp3) is 0.593. The normalized spacial score (nSPS) is 14.2. The van der Waals surface area contributed by atoms with Crippen LogP contribution in [0.2, 0.25) is 0 Å². The van der Waals surface area contributed by atoms with Crippen molar-refractivity contribution in [1.82, 2.24) is 0 Å². The molecule has 374 valence electrons. The molecule has 4 rings (SSSR count). The van der Waals surface area contributed by atoms with Crippen molar-refractivity contribution in [3.8, 4) is 0 Å². The first-order valence-corrected chi connectivity index (χ1v) is 25.1. The standard InChI is InChI=1S/C54H82N4O10/c1-43(59)67-41-53(65)19-7-5-17-51(63)39-57-33-25-47(26-34-57)13-9-11-45-21-29-55(30-22-45)37-49(61)15-3-4-16-50(62)38-56-31-23-46(24-32-56)12-10-14-48-27-35-58(36-28-48)40-52(64)18-6-8-20-54(66)42-68-44(2)60/h21-36,49-54,61-66H,3-20,37-42H2,1-2H3/q+4. The van der Waals surface area contributed by atoms with Crippen LogP contribution in [0.5, 0.6) is 0 Å². The van der Waals surface area contributed by atoms with E-state index < -0.39 is 48.6 Å². The van der Waals surface area contributed by atoms with Gasteiger partial charge in [0.1, 0.15) is 37.6 Å². The lowest BCUT2D eigenvalue weighted by Gasteiger charge is -2.11. The Morgan fingerprint density at radius 3 is 0.779 bits per heavy atom. The Balaban J connectivity index is 1.00. The molecule has 14 heteroatoms. The lowest BCUT2D eigenvalue weighted by Crippen LogP contribution is -2.39. The van der Waals surface area contributed by atoms with Crippen LogP contribution in [0.15, 0.2) is 98.1 Å². The number of hydrogen-bond acceptors (Lipinski definition) is 10. The van der Waals surface area contributed by atoms with Gasteiger partial charge < -0.3 is 40.1 Å². The van der Waals surface area contributed by atoms with Gasteiger partial charge in [-0.05, 0) is 99.3 Å². The van der Waals surface area contributed by atoms with Crippen molar-refractivity contribution in [2.75, 3.05) is 13.2 Å². The van der Waals surface area contributed by atoms with Gasteiger partial charge in [0.2, 0.25) is 0 Å². The van der Waals surface area contributed by atoms with E-state index in [1.165, 1.54) is 36.1 Å². The summed E-state index contributed by atoms with van der Waals surface area (Å²) in [5, 5.41) is 62.0. The molecule has 0 spiro atoms. The molecule has 0 amide bonds. The lowest BCUT2D eigenvalue weighted by molar-refractivity contribution is -0.704. The maximum absolute atomic E-state index is 10.9. The SMILES string of the molecule is CC(=O)OCC(O)CCCCC(O)C[n+]1ccc(CCCc2cc[n+](CC(O)CCCCC(O)C[n+]3ccc(CCCc4cc[n+](CC(O)CCCCC(O)COC(C)=O)cc4)cc3)cc2)cc1. The molecule has 14 nitrogen and oxygen atoms in total. The number of carbonyl (C=O) groups excluding carboxylic acids is 2. The topological polar surface area (TPSA) is 189 Å². The summed E-state index contributed by atoms with van der Waals surface area (Å²) in [4.78, 5) is 21.7. The maximum Gasteiger partial charge on any atom is 0.302 e. The van der Waals surface area contributed by atoms with Crippen LogP contribution < -0.4 is 18.3 Å². The molecule has 0 bridgehead atoms. The molecule has 6 atom stereocenters. The molecule has 6 N–H and O–H groups in total. The fourth-order valence-corrected chi connectivity index (χ4v) is 8.31. The number of hydrogen-bond donors (Lipinski definition) is 6. The second kappa shape index (κ2) is 32.2. The summed E-state index contributed by atoms with van der Waals surface area (Å²) in [6.45, 7) is 4.81. The molecule has 0 saturated heterocycles. The van der Waals surface area contributed by atoms with Crippen LogP contribution in [0.25, 0.3) is 0 Å². The van der Waals surface area contributed by atoms with E-state index in [1.807, 2.05) is 67.8 Å². The van der Waals surface area contributed by atoms with E-state index in [2.05, 4.69) is 48.5 Å². The van der Waals surface area contributed by atoms with Crippen molar-refractivity contribution in [3.05, 3.63) is 120 Å². The van der Waals surface area contributed by atoms with E-state index in [4.69, 9.17) is 9.47 Å². The Morgan fingerprint density at radius 1 is 0.368 bits per heavy atom. The highest BCUT2D eigenvalue weighted by Gasteiger charge is 2.17. The minimum absolute atomic E-state index is 0.0190. The van der Waals surface area contributed by atoms with Crippen LogP contribution in [0, 0.1) is 0 Å². The number of aromatic nitrogens is 4. The number of aryl methyl sites for hydroxylation is 4. The Labute approximate surface area is 404 Å². The molecule has 0 saturated carbocycles. The van der Waals surface area contributed by atoms with Gasteiger partial charge in [0.15, 0.2) is 75.8 Å². The molecule has 68 heavy (non-hydrogen) atoms. The largest absolute Gasteiger partial charge is 0.463 e. The Kier molecular flexibility index (Phi) is 26.4. The van der Waals surface area contributed by atoms with Crippen molar-refractivity contribution >= 4 is 11.9 Å². The van der Waals surface area contributed by atoms with E-state index in [-0.39, 0.29) is 13.2 Å². The third-order valence-electron chi connectivity index (χ3n) is 12.3. The van der Waals surface area contributed by atoms with Gasteiger partial charge in [-0.2, -0.15) is 0 Å². The maximum atomic E-state index is 10.9. The molecular weight excluding hydrogens is 865 g/mol. The van der Waals surface area contributed by atoms with Gasteiger partial charge in [0, 0.05) is 62.4 Å². The second-order valence-corrected chi connectivity index (χ2v) is 18.7. The third-order valence-corrected chi connectivity index (χ3v) is 12.3. The van der Waals surface area contributed by atoms with Crippen LogP contribution in [0.1, 0.15) is 126 Å². The highest BCUT2D eigenvalue weighted by atomic mass is 16.5. The van der Waals surface area contributed by atoms with Gasteiger partial charge in [-0.1, -0.05) is 38.5 Å². The zero-order valence-electron chi connectivity index (χ0n) is 40.8. The summed E-state index contributed by atoms with van der Waals surface area (Å²) in [7, 11) is 0. The zero-order chi connectivity index (χ0) is 48.9. The van der Waals surface area contributed by atoms with E-state index in [1.54, 1.807) is 0 Å². The van der Waals surface area contributed by atoms with Crippen molar-refractivity contribution in [1.29, 1.82) is 0 Å². The molecule has 0 fully saturated rings. The molecule has 0 radical (unpaired) electrons. The van der Waals surface area contributed by atoms with Crippen LogP contribution >= 0.6 is 0 Å². The van der Waals surface area contributed by atoms with Crippen molar-refractivity contribution in [3.63, 3.8) is 0 Å². The number of esters is 2. The quantitative estimate of drug-likeness (QED) is 0.0225. The van der Waals surface area contributed by atoms with E-state index >= 15 is 0 Å². The van der Waals surface area contributed by atoms with Crippen LogP contribution in [-0.4, -0.2) is 92.4 Å². The number of nitrogens with zero attached hydrogens (tertiary/aromatic N) is 4. The highest BCUT2D eigenvalue weighted by molar-refractivity contribution is 5.66. The lowest BCUT2D eigenvalue weighted by atomic mass is 10.1. The van der Waals surface area contributed by atoms with Gasteiger partial charge in [-0.25, -0.2) is 18.3 Å². The minimum atomic E-state index is -0.662. The fourth-order valence-electron chi connectivity index (χ4n) is 8.31.